The third-order valence-corrected chi connectivity index (χ3v) is 2.34. The van der Waals surface area contributed by atoms with E-state index in [4.69, 9.17) is 17.3 Å². The predicted octanol–water partition coefficient (Wildman–Crippen LogP) is 2.56. The van der Waals surface area contributed by atoms with Crippen LogP contribution in [0.4, 0.5) is 10.3 Å². The first-order chi connectivity index (χ1) is 7.08. The van der Waals surface area contributed by atoms with Gasteiger partial charge in [-0.1, -0.05) is 11.6 Å². The van der Waals surface area contributed by atoms with Crippen LogP contribution in [0.3, 0.4) is 0 Å². The second-order valence-corrected chi connectivity index (χ2v) is 3.61. The maximum atomic E-state index is 13.0. The van der Waals surface area contributed by atoms with E-state index in [2.05, 4.69) is 4.98 Å². The zero-order chi connectivity index (χ0) is 11.0. The van der Waals surface area contributed by atoms with Gasteiger partial charge in [-0.3, -0.25) is 4.57 Å². The Morgan fingerprint density at radius 1 is 1.47 bits per heavy atom. The fraction of sp³-hybridized carbons (Fsp3) is 0.100. The van der Waals surface area contributed by atoms with Gasteiger partial charge in [0.15, 0.2) is 0 Å². The predicted molar refractivity (Wildman–Crippen MR) is 57.7 cm³/mol. The first kappa shape index (κ1) is 9.98. The molecule has 2 aromatic rings. The minimum atomic E-state index is -0.361. The van der Waals surface area contributed by atoms with Crippen molar-refractivity contribution in [2.45, 2.75) is 6.92 Å². The second kappa shape index (κ2) is 3.55. The molecule has 0 spiro atoms. The molecule has 0 unspecified atom stereocenters. The molecular formula is C10H9ClFN3. The molecular weight excluding hydrogens is 217 g/mol. The van der Waals surface area contributed by atoms with Gasteiger partial charge in [-0.25, -0.2) is 9.37 Å². The second-order valence-electron chi connectivity index (χ2n) is 3.21. The van der Waals surface area contributed by atoms with Crippen LogP contribution in [-0.2, 0) is 0 Å². The highest BCUT2D eigenvalue weighted by molar-refractivity contribution is 6.32. The van der Waals surface area contributed by atoms with Crippen LogP contribution < -0.4 is 5.73 Å². The van der Waals surface area contributed by atoms with Gasteiger partial charge in [-0.05, 0) is 25.1 Å². The first-order valence-corrected chi connectivity index (χ1v) is 4.72. The number of aryl methyl sites for hydroxylation is 1. The van der Waals surface area contributed by atoms with Crippen molar-refractivity contribution in [3.63, 3.8) is 0 Å². The highest BCUT2D eigenvalue weighted by atomic mass is 35.5. The quantitative estimate of drug-likeness (QED) is 0.811. The molecule has 1 aromatic carbocycles. The lowest BCUT2D eigenvalue weighted by atomic mass is 10.3. The molecule has 0 atom stereocenters. The Bertz CT molecular complexity index is 507. The van der Waals surface area contributed by atoms with Crippen LogP contribution in [-0.4, -0.2) is 9.55 Å². The summed E-state index contributed by atoms with van der Waals surface area (Å²) in [6.45, 7) is 1.81. The molecule has 0 aliphatic heterocycles. The van der Waals surface area contributed by atoms with E-state index in [1.54, 1.807) is 17.7 Å². The van der Waals surface area contributed by atoms with Crippen LogP contribution in [0, 0.1) is 12.7 Å². The molecule has 2 rings (SSSR count). The number of hydrogen-bond donors (Lipinski definition) is 1. The Morgan fingerprint density at radius 2 is 2.20 bits per heavy atom. The lowest BCUT2D eigenvalue weighted by Crippen LogP contribution is -2.00. The number of anilines is 1. The van der Waals surface area contributed by atoms with Gasteiger partial charge in [-0.2, -0.15) is 0 Å². The van der Waals surface area contributed by atoms with E-state index in [1.807, 2.05) is 0 Å². The maximum absolute atomic E-state index is 13.0. The van der Waals surface area contributed by atoms with E-state index < -0.39 is 0 Å². The molecule has 78 valence electrons. The molecule has 1 aromatic heterocycles. The van der Waals surface area contributed by atoms with Crippen molar-refractivity contribution in [2.24, 2.45) is 0 Å². The highest BCUT2D eigenvalue weighted by Gasteiger charge is 2.08. The number of imidazole rings is 1. The van der Waals surface area contributed by atoms with Gasteiger partial charge in [0.1, 0.15) is 5.82 Å². The summed E-state index contributed by atoms with van der Waals surface area (Å²) in [7, 11) is 0. The number of nitrogens with zero attached hydrogens (tertiary/aromatic N) is 2. The molecule has 5 heteroatoms. The van der Waals surface area contributed by atoms with E-state index in [0.29, 0.717) is 16.7 Å². The summed E-state index contributed by atoms with van der Waals surface area (Å²) in [5, 5.41) is 0.431. The summed E-state index contributed by atoms with van der Waals surface area (Å²) in [6.07, 6.45) is 1.70. The van der Waals surface area contributed by atoms with Gasteiger partial charge in [0, 0.05) is 6.20 Å². The summed E-state index contributed by atoms with van der Waals surface area (Å²) in [5.74, 6) is -0.0693. The minimum absolute atomic E-state index is 0.292. The zero-order valence-corrected chi connectivity index (χ0v) is 8.79. The number of benzene rings is 1. The zero-order valence-electron chi connectivity index (χ0n) is 8.04. The first-order valence-electron chi connectivity index (χ1n) is 4.35. The molecule has 0 aliphatic carbocycles. The fourth-order valence-electron chi connectivity index (χ4n) is 1.38. The van der Waals surface area contributed by atoms with Crippen molar-refractivity contribution >= 4 is 17.5 Å². The van der Waals surface area contributed by atoms with Crippen molar-refractivity contribution in [2.75, 3.05) is 5.73 Å². The Morgan fingerprint density at radius 3 is 2.80 bits per heavy atom. The van der Waals surface area contributed by atoms with Crippen LogP contribution in [0.15, 0.2) is 24.4 Å². The minimum Gasteiger partial charge on any atom is -0.369 e. The molecule has 0 saturated heterocycles. The van der Waals surface area contributed by atoms with Crippen LogP contribution in [0.2, 0.25) is 5.02 Å². The van der Waals surface area contributed by atoms with Crippen molar-refractivity contribution in [3.8, 4) is 5.69 Å². The monoisotopic (exact) mass is 225 g/mol. The lowest BCUT2D eigenvalue weighted by molar-refractivity contribution is 0.626. The number of halogens is 2. The number of hydrogen-bond acceptors (Lipinski definition) is 2. The molecule has 2 N–H and O–H groups in total. The van der Waals surface area contributed by atoms with E-state index in [-0.39, 0.29) is 5.82 Å². The smallest absolute Gasteiger partial charge is 0.205 e. The molecule has 3 nitrogen and oxygen atoms in total. The summed E-state index contributed by atoms with van der Waals surface area (Å²) in [6, 6.07) is 4.10. The molecule has 0 bridgehead atoms. The van der Waals surface area contributed by atoms with Gasteiger partial charge in [-0.15, -0.1) is 0 Å². The number of nitrogens with two attached hydrogens (primary N) is 1. The van der Waals surface area contributed by atoms with Crippen LogP contribution >= 0.6 is 11.6 Å². The summed E-state index contributed by atoms with van der Waals surface area (Å²) >= 11 is 5.94. The molecule has 15 heavy (non-hydrogen) atoms. The number of aromatic nitrogens is 2. The molecule has 0 radical (unpaired) electrons. The normalized spacial score (nSPS) is 10.6. The molecule has 0 amide bonds. The lowest BCUT2D eigenvalue weighted by Gasteiger charge is -2.06. The van der Waals surface area contributed by atoms with Crippen LogP contribution in [0.5, 0.6) is 0 Å². The van der Waals surface area contributed by atoms with Gasteiger partial charge in [0.2, 0.25) is 5.95 Å². The number of rotatable bonds is 1. The van der Waals surface area contributed by atoms with E-state index in [0.717, 1.165) is 5.69 Å². The van der Waals surface area contributed by atoms with Crippen LogP contribution in [0.1, 0.15) is 5.69 Å². The Balaban J connectivity index is 2.62. The molecule has 1 heterocycles. The third kappa shape index (κ3) is 1.80. The van der Waals surface area contributed by atoms with Gasteiger partial charge >= 0.3 is 0 Å². The van der Waals surface area contributed by atoms with Crippen LogP contribution in [0.25, 0.3) is 5.69 Å². The van der Waals surface area contributed by atoms with E-state index in [1.165, 1.54) is 18.2 Å². The van der Waals surface area contributed by atoms with Gasteiger partial charge < -0.3 is 5.73 Å². The van der Waals surface area contributed by atoms with Gasteiger partial charge in [0.05, 0.1) is 16.4 Å². The topological polar surface area (TPSA) is 43.8 Å². The fourth-order valence-corrected chi connectivity index (χ4v) is 1.59. The maximum Gasteiger partial charge on any atom is 0.205 e. The average molecular weight is 226 g/mol. The summed E-state index contributed by atoms with van der Waals surface area (Å²) in [5.41, 5.74) is 6.92. The largest absolute Gasteiger partial charge is 0.369 e. The Kier molecular flexibility index (Phi) is 2.36. The summed E-state index contributed by atoms with van der Waals surface area (Å²) < 4.78 is 14.6. The molecule has 0 aliphatic rings. The summed E-state index contributed by atoms with van der Waals surface area (Å²) in [4.78, 5) is 4.02. The molecule has 0 saturated carbocycles. The highest BCUT2D eigenvalue weighted by Crippen LogP contribution is 2.23. The van der Waals surface area contributed by atoms with E-state index >= 15 is 0 Å². The SMILES string of the molecule is Cc1cn(-c2cc(F)ccc2Cl)c(N)n1. The van der Waals surface area contributed by atoms with Crippen molar-refractivity contribution in [1.82, 2.24) is 9.55 Å². The van der Waals surface area contributed by atoms with Crippen molar-refractivity contribution < 1.29 is 4.39 Å². The average Bonchev–Trinajstić information content (AvgIpc) is 2.50. The number of nitrogen functional groups attached to an aromatic ring is 1. The van der Waals surface area contributed by atoms with Crippen molar-refractivity contribution in [3.05, 3.63) is 40.9 Å². The van der Waals surface area contributed by atoms with Gasteiger partial charge in [0.25, 0.3) is 0 Å². The standard InChI is InChI=1S/C10H9ClFN3/c1-6-5-15(10(13)14-6)9-4-7(12)2-3-8(9)11/h2-5H,1H3,(H2,13,14). The van der Waals surface area contributed by atoms with Crippen molar-refractivity contribution in [1.29, 1.82) is 0 Å². The Hall–Kier alpha value is -1.55. The van der Waals surface area contributed by atoms with E-state index in [9.17, 15) is 4.39 Å². The Labute approximate surface area is 91.3 Å². The third-order valence-electron chi connectivity index (χ3n) is 2.02. The molecule has 0 fully saturated rings.